The fourth-order valence-electron chi connectivity index (χ4n) is 2.61. The van der Waals surface area contributed by atoms with Gasteiger partial charge in [0, 0.05) is 6.54 Å². The average molecular weight is 375 g/mol. The van der Waals surface area contributed by atoms with Crippen molar-refractivity contribution in [3.05, 3.63) is 48.6 Å². The van der Waals surface area contributed by atoms with Gasteiger partial charge in [0.05, 0.1) is 5.56 Å². The molecule has 0 aromatic heterocycles. The molecule has 1 aromatic rings. The molecule has 1 heterocycles. The summed E-state index contributed by atoms with van der Waals surface area (Å²) in [5, 5.41) is 0. The molecule has 0 unspecified atom stereocenters. The lowest BCUT2D eigenvalue weighted by molar-refractivity contribution is -0.166. The van der Waals surface area contributed by atoms with Crippen LogP contribution < -0.4 is 0 Å². The van der Waals surface area contributed by atoms with Gasteiger partial charge in [-0.25, -0.2) is 14.4 Å². The van der Waals surface area contributed by atoms with Crippen molar-refractivity contribution < 1.29 is 28.6 Å². The van der Waals surface area contributed by atoms with E-state index in [4.69, 9.17) is 14.2 Å². The van der Waals surface area contributed by atoms with Crippen LogP contribution in [0.2, 0.25) is 0 Å². The predicted molar refractivity (Wildman–Crippen MR) is 97.9 cm³/mol. The first-order valence-corrected chi connectivity index (χ1v) is 8.80. The third kappa shape index (κ3) is 5.84. The maximum atomic E-state index is 12.5. The first-order valence-electron chi connectivity index (χ1n) is 8.80. The van der Waals surface area contributed by atoms with Crippen LogP contribution in [0.15, 0.2) is 43.0 Å². The largest absolute Gasteiger partial charge is 0.444 e. The van der Waals surface area contributed by atoms with Gasteiger partial charge in [-0.2, -0.15) is 0 Å². The summed E-state index contributed by atoms with van der Waals surface area (Å²) in [6.45, 7) is 9.20. The Morgan fingerprint density at radius 3 is 2.44 bits per heavy atom. The van der Waals surface area contributed by atoms with Crippen molar-refractivity contribution in [2.24, 2.45) is 0 Å². The summed E-state index contributed by atoms with van der Waals surface area (Å²) in [5.74, 6) is -1.30. The van der Waals surface area contributed by atoms with Gasteiger partial charge in [0.15, 0.2) is 0 Å². The molecule has 2 atom stereocenters. The predicted octanol–water partition coefficient (Wildman–Crippen LogP) is 3.30. The summed E-state index contributed by atoms with van der Waals surface area (Å²) in [6.07, 6.45) is 0.506. The Kier molecular flexibility index (Phi) is 6.60. The van der Waals surface area contributed by atoms with Crippen LogP contribution in [0.4, 0.5) is 4.79 Å². The Labute approximate surface area is 158 Å². The molecule has 1 saturated heterocycles. The summed E-state index contributed by atoms with van der Waals surface area (Å²) in [5.41, 5.74) is -0.333. The van der Waals surface area contributed by atoms with Gasteiger partial charge in [0.25, 0.3) is 6.29 Å². The molecule has 146 valence electrons. The van der Waals surface area contributed by atoms with Crippen LogP contribution in [-0.2, 0) is 19.0 Å². The lowest BCUT2D eigenvalue weighted by atomic mass is 10.2. The number of nitrogens with zero attached hydrogens (tertiary/aromatic N) is 1. The zero-order valence-corrected chi connectivity index (χ0v) is 15.8. The lowest BCUT2D eigenvalue weighted by Crippen LogP contribution is -2.45. The standard InChI is InChI=1S/C20H25NO6/c1-5-16(25-17(22)14-10-7-6-8-11-14)26-18(23)15-12-9-13-21(15)19(24)27-20(2,3)4/h5-8,10-11,15-16H,1,9,12-13H2,2-4H3/t15-,16+/m1/s1. The normalized spacial score (nSPS) is 17.7. The Hall–Kier alpha value is -2.83. The first kappa shape index (κ1) is 20.5. The molecule has 1 aliphatic rings. The molecule has 0 radical (unpaired) electrons. The fourth-order valence-corrected chi connectivity index (χ4v) is 2.61. The molecule has 1 amide bonds. The molecule has 7 nitrogen and oxygen atoms in total. The van der Waals surface area contributed by atoms with E-state index >= 15 is 0 Å². The highest BCUT2D eigenvalue weighted by Crippen LogP contribution is 2.22. The van der Waals surface area contributed by atoms with Crippen molar-refractivity contribution in [1.29, 1.82) is 0 Å². The second-order valence-electron chi connectivity index (χ2n) is 7.14. The highest BCUT2D eigenvalue weighted by Gasteiger charge is 2.38. The molecular weight excluding hydrogens is 350 g/mol. The Morgan fingerprint density at radius 2 is 1.85 bits per heavy atom. The van der Waals surface area contributed by atoms with E-state index in [0.29, 0.717) is 24.9 Å². The maximum absolute atomic E-state index is 12.5. The molecule has 0 aliphatic carbocycles. The van der Waals surface area contributed by atoms with Crippen molar-refractivity contribution >= 4 is 18.0 Å². The van der Waals surface area contributed by atoms with Crippen molar-refractivity contribution in [1.82, 2.24) is 4.90 Å². The number of carbonyl (C=O) groups excluding carboxylic acids is 3. The Morgan fingerprint density at radius 1 is 1.19 bits per heavy atom. The maximum Gasteiger partial charge on any atom is 0.411 e. The van der Waals surface area contributed by atoms with Gasteiger partial charge in [-0.1, -0.05) is 24.8 Å². The first-order chi connectivity index (χ1) is 12.7. The molecule has 0 saturated carbocycles. The number of esters is 2. The summed E-state index contributed by atoms with van der Waals surface area (Å²) < 4.78 is 15.7. The van der Waals surface area contributed by atoms with Crippen LogP contribution in [0.25, 0.3) is 0 Å². The molecule has 1 aromatic carbocycles. The third-order valence-electron chi connectivity index (χ3n) is 3.81. The number of hydrogen-bond donors (Lipinski definition) is 0. The summed E-state index contributed by atoms with van der Waals surface area (Å²) >= 11 is 0. The van der Waals surface area contributed by atoms with Gasteiger partial charge >= 0.3 is 18.0 Å². The van der Waals surface area contributed by atoms with E-state index in [2.05, 4.69) is 6.58 Å². The molecule has 0 N–H and O–H groups in total. The number of benzene rings is 1. The van der Waals surface area contributed by atoms with E-state index in [0.717, 1.165) is 0 Å². The van der Waals surface area contributed by atoms with E-state index in [1.54, 1.807) is 51.1 Å². The van der Waals surface area contributed by atoms with Crippen LogP contribution in [0, 0.1) is 0 Å². The highest BCUT2D eigenvalue weighted by molar-refractivity contribution is 5.89. The minimum atomic E-state index is -1.24. The number of amides is 1. The van der Waals surface area contributed by atoms with Crippen molar-refractivity contribution in [3.8, 4) is 0 Å². The summed E-state index contributed by atoms with van der Waals surface area (Å²) in [7, 11) is 0. The number of ether oxygens (including phenoxy) is 3. The zero-order valence-electron chi connectivity index (χ0n) is 15.8. The van der Waals surface area contributed by atoms with E-state index in [1.807, 2.05) is 0 Å². The topological polar surface area (TPSA) is 82.1 Å². The van der Waals surface area contributed by atoms with Crippen LogP contribution in [0.3, 0.4) is 0 Å². The van der Waals surface area contributed by atoms with Crippen molar-refractivity contribution in [3.63, 3.8) is 0 Å². The van der Waals surface area contributed by atoms with Crippen molar-refractivity contribution in [2.45, 2.75) is 51.5 Å². The van der Waals surface area contributed by atoms with Gasteiger partial charge in [0.1, 0.15) is 11.6 Å². The second kappa shape index (κ2) is 8.70. The molecule has 1 fully saturated rings. The van der Waals surface area contributed by atoms with Gasteiger partial charge in [-0.15, -0.1) is 0 Å². The Balaban J connectivity index is 1.98. The fraction of sp³-hybridized carbons (Fsp3) is 0.450. The van der Waals surface area contributed by atoms with E-state index in [-0.39, 0.29) is 0 Å². The number of rotatable bonds is 5. The van der Waals surface area contributed by atoms with E-state index < -0.39 is 36.0 Å². The second-order valence-corrected chi connectivity index (χ2v) is 7.14. The highest BCUT2D eigenvalue weighted by atomic mass is 16.7. The molecule has 2 rings (SSSR count). The smallest absolute Gasteiger partial charge is 0.411 e. The van der Waals surface area contributed by atoms with Gasteiger partial charge in [0.2, 0.25) is 0 Å². The third-order valence-corrected chi connectivity index (χ3v) is 3.81. The molecule has 0 bridgehead atoms. The molecule has 1 aliphatic heterocycles. The minimum Gasteiger partial charge on any atom is -0.444 e. The number of likely N-dealkylation sites (tertiary alicyclic amines) is 1. The summed E-state index contributed by atoms with van der Waals surface area (Å²) in [6, 6.07) is 7.56. The summed E-state index contributed by atoms with van der Waals surface area (Å²) in [4.78, 5) is 38.2. The van der Waals surface area contributed by atoms with Gasteiger partial charge in [-0.3, -0.25) is 4.90 Å². The van der Waals surface area contributed by atoms with Crippen LogP contribution >= 0.6 is 0 Å². The molecule has 7 heteroatoms. The zero-order chi connectivity index (χ0) is 20.0. The quantitative estimate of drug-likeness (QED) is 0.446. The van der Waals surface area contributed by atoms with Crippen LogP contribution in [0.5, 0.6) is 0 Å². The number of hydrogen-bond acceptors (Lipinski definition) is 6. The van der Waals surface area contributed by atoms with Crippen LogP contribution in [-0.4, -0.2) is 47.4 Å². The van der Waals surface area contributed by atoms with Crippen molar-refractivity contribution in [2.75, 3.05) is 6.54 Å². The Bertz CT molecular complexity index is 694. The molecule has 27 heavy (non-hydrogen) atoms. The lowest BCUT2D eigenvalue weighted by Gasteiger charge is -2.28. The number of carbonyl (C=O) groups is 3. The van der Waals surface area contributed by atoms with E-state index in [1.165, 1.54) is 11.0 Å². The average Bonchev–Trinajstić information content (AvgIpc) is 3.10. The minimum absolute atomic E-state index is 0.330. The SMILES string of the molecule is C=C[C@@H](OC(=O)c1ccccc1)OC(=O)[C@H]1CCCN1C(=O)OC(C)(C)C. The van der Waals surface area contributed by atoms with Gasteiger partial charge < -0.3 is 14.2 Å². The monoisotopic (exact) mass is 375 g/mol. The van der Waals surface area contributed by atoms with Crippen LogP contribution in [0.1, 0.15) is 44.0 Å². The molecular formula is C20H25NO6. The van der Waals surface area contributed by atoms with E-state index in [9.17, 15) is 14.4 Å². The molecule has 0 spiro atoms. The van der Waals surface area contributed by atoms with Gasteiger partial charge in [-0.05, 0) is 51.8 Å².